The highest BCUT2D eigenvalue weighted by Crippen LogP contribution is 2.24. The number of carbonyl (C=O) groups excluding carboxylic acids is 3. The van der Waals surface area contributed by atoms with E-state index in [0.717, 1.165) is 17.0 Å². The largest absolute Gasteiger partial charge is 0.468 e. The van der Waals surface area contributed by atoms with Crippen molar-refractivity contribution in [2.24, 2.45) is 0 Å². The monoisotopic (exact) mass is 383 g/mol. The van der Waals surface area contributed by atoms with Crippen LogP contribution < -0.4 is 10.6 Å². The fourth-order valence-electron chi connectivity index (χ4n) is 3.37. The summed E-state index contributed by atoms with van der Waals surface area (Å²) < 4.78 is 4.74. The Morgan fingerprint density at radius 1 is 1.21 bits per heavy atom. The second kappa shape index (κ2) is 9.21. The Hall–Kier alpha value is -3.09. The molecule has 0 bridgehead atoms. The molecule has 0 saturated carbocycles. The molecular weight excluding hydrogens is 358 g/mol. The van der Waals surface area contributed by atoms with Crippen LogP contribution in [0.4, 0.5) is 0 Å². The molecule has 2 N–H and O–H groups in total. The molecule has 2 amide bonds. The van der Waals surface area contributed by atoms with Crippen molar-refractivity contribution < 1.29 is 19.1 Å². The van der Waals surface area contributed by atoms with Gasteiger partial charge in [-0.3, -0.25) is 14.4 Å². The molecule has 1 aliphatic carbocycles. The average Bonchev–Trinajstić information content (AvgIpc) is 2.85. The van der Waals surface area contributed by atoms with Gasteiger partial charge in [0.15, 0.2) is 0 Å². The Morgan fingerprint density at radius 2 is 1.96 bits per heavy atom. The summed E-state index contributed by atoms with van der Waals surface area (Å²) in [5.74, 6) is -0.989. The first-order valence-electron chi connectivity index (χ1n) is 9.41. The van der Waals surface area contributed by atoms with Crippen molar-refractivity contribution in [3.05, 3.63) is 59.4 Å². The SMILES string of the molecule is COC(=O)CN1C(=O)C(NC(=O)CCc2ccccc2)CNC2=C1CC=CC2. The van der Waals surface area contributed by atoms with Crippen molar-refractivity contribution in [1.82, 2.24) is 15.5 Å². The first-order chi connectivity index (χ1) is 13.6. The van der Waals surface area contributed by atoms with Gasteiger partial charge in [0.25, 0.3) is 5.91 Å². The molecule has 0 fully saturated rings. The average molecular weight is 383 g/mol. The molecule has 1 aromatic carbocycles. The van der Waals surface area contributed by atoms with Crippen LogP contribution in [0, 0.1) is 0 Å². The van der Waals surface area contributed by atoms with E-state index in [-0.39, 0.29) is 18.4 Å². The Kier molecular flexibility index (Phi) is 6.47. The maximum Gasteiger partial charge on any atom is 0.325 e. The maximum absolute atomic E-state index is 13.1. The molecular formula is C21H25N3O4. The van der Waals surface area contributed by atoms with Gasteiger partial charge in [-0.1, -0.05) is 42.5 Å². The Morgan fingerprint density at radius 3 is 2.71 bits per heavy atom. The molecule has 1 heterocycles. The van der Waals surface area contributed by atoms with E-state index < -0.39 is 12.0 Å². The van der Waals surface area contributed by atoms with Crippen LogP contribution in [0.2, 0.25) is 0 Å². The molecule has 2 aliphatic rings. The van der Waals surface area contributed by atoms with Crippen LogP contribution in [-0.4, -0.2) is 48.9 Å². The summed E-state index contributed by atoms with van der Waals surface area (Å²) in [6.45, 7) is 0.125. The zero-order valence-corrected chi connectivity index (χ0v) is 15.9. The number of benzene rings is 1. The smallest absolute Gasteiger partial charge is 0.325 e. The number of rotatable bonds is 6. The van der Waals surface area contributed by atoms with E-state index in [1.54, 1.807) is 0 Å². The Labute approximate surface area is 164 Å². The van der Waals surface area contributed by atoms with E-state index in [4.69, 9.17) is 4.74 Å². The molecule has 0 radical (unpaired) electrons. The van der Waals surface area contributed by atoms with E-state index in [9.17, 15) is 14.4 Å². The van der Waals surface area contributed by atoms with E-state index in [2.05, 4.69) is 10.6 Å². The summed E-state index contributed by atoms with van der Waals surface area (Å²) in [5, 5.41) is 6.08. The molecule has 1 unspecified atom stereocenters. The van der Waals surface area contributed by atoms with Crippen LogP contribution in [0.5, 0.6) is 0 Å². The van der Waals surface area contributed by atoms with Crippen LogP contribution in [0.3, 0.4) is 0 Å². The maximum atomic E-state index is 13.1. The summed E-state index contributed by atoms with van der Waals surface area (Å²) >= 11 is 0. The molecule has 1 atom stereocenters. The molecule has 148 valence electrons. The van der Waals surface area contributed by atoms with Crippen molar-refractivity contribution in [2.75, 3.05) is 20.2 Å². The summed E-state index contributed by atoms with van der Waals surface area (Å²) in [4.78, 5) is 38.8. The number of hydrogen-bond donors (Lipinski definition) is 2. The third kappa shape index (κ3) is 4.79. The van der Waals surface area contributed by atoms with Gasteiger partial charge in [0.05, 0.1) is 7.11 Å². The van der Waals surface area contributed by atoms with Crippen molar-refractivity contribution in [1.29, 1.82) is 0 Å². The van der Waals surface area contributed by atoms with Crippen LogP contribution in [0.1, 0.15) is 24.8 Å². The second-order valence-electron chi connectivity index (χ2n) is 6.79. The molecule has 0 spiro atoms. The summed E-state index contributed by atoms with van der Waals surface area (Å²) in [6, 6.07) is 8.99. The van der Waals surface area contributed by atoms with E-state index in [1.807, 2.05) is 42.5 Å². The minimum absolute atomic E-state index is 0.167. The van der Waals surface area contributed by atoms with Gasteiger partial charge in [-0.15, -0.1) is 0 Å². The Balaban J connectivity index is 1.67. The van der Waals surface area contributed by atoms with E-state index in [0.29, 0.717) is 32.2 Å². The van der Waals surface area contributed by atoms with Crippen LogP contribution in [0.25, 0.3) is 0 Å². The topological polar surface area (TPSA) is 87.7 Å². The van der Waals surface area contributed by atoms with Crippen molar-refractivity contribution in [3.8, 4) is 0 Å². The van der Waals surface area contributed by atoms with Gasteiger partial charge in [0.1, 0.15) is 12.6 Å². The first kappa shape index (κ1) is 19.7. The van der Waals surface area contributed by atoms with Crippen molar-refractivity contribution >= 4 is 17.8 Å². The van der Waals surface area contributed by atoms with Crippen LogP contribution in [0.15, 0.2) is 53.9 Å². The standard InChI is InChI=1S/C21H25N3O4/c1-28-20(26)14-24-18-10-6-5-9-16(18)22-13-17(21(24)27)23-19(25)12-11-15-7-3-2-4-8-15/h2-8,17,22H,9-14H2,1H3,(H,23,25). The predicted molar refractivity (Wildman–Crippen MR) is 104 cm³/mol. The van der Waals surface area contributed by atoms with Crippen LogP contribution in [-0.2, 0) is 25.5 Å². The lowest BCUT2D eigenvalue weighted by Gasteiger charge is -2.27. The van der Waals surface area contributed by atoms with Crippen LogP contribution >= 0.6 is 0 Å². The molecule has 28 heavy (non-hydrogen) atoms. The zero-order chi connectivity index (χ0) is 19.9. The number of nitrogens with zero attached hydrogens (tertiary/aromatic N) is 1. The van der Waals surface area contributed by atoms with Gasteiger partial charge in [-0.25, -0.2) is 0 Å². The first-order valence-corrected chi connectivity index (χ1v) is 9.41. The number of nitrogens with one attached hydrogen (secondary N) is 2. The summed E-state index contributed by atoms with van der Waals surface area (Å²) in [5.41, 5.74) is 2.73. The van der Waals surface area contributed by atoms with Gasteiger partial charge in [0.2, 0.25) is 5.91 Å². The highest BCUT2D eigenvalue weighted by atomic mass is 16.5. The molecule has 0 aromatic heterocycles. The second-order valence-corrected chi connectivity index (χ2v) is 6.79. The molecule has 7 nitrogen and oxygen atoms in total. The number of methoxy groups -OCH3 is 1. The third-order valence-electron chi connectivity index (χ3n) is 4.89. The minimum atomic E-state index is -0.737. The number of amides is 2. The number of esters is 1. The van der Waals surface area contributed by atoms with Crippen molar-refractivity contribution in [3.63, 3.8) is 0 Å². The zero-order valence-electron chi connectivity index (χ0n) is 15.9. The van der Waals surface area contributed by atoms with E-state index in [1.165, 1.54) is 12.0 Å². The normalized spacial score (nSPS) is 18.8. The lowest BCUT2D eigenvalue weighted by Crippen LogP contribution is -2.51. The fraction of sp³-hybridized carbons (Fsp3) is 0.381. The van der Waals surface area contributed by atoms with Gasteiger partial charge >= 0.3 is 5.97 Å². The lowest BCUT2D eigenvalue weighted by atomic mass is 10.1. The summed E-state index contributed by atoms with van der Waals surface area (Å²) in [6.07, 6.45) is 6.10. The van der Waals surface area contributed by atoms with E-state index >= 15 is 0 Å². The third-order valence-corrected chi connectivity index (χ3v) is 4.89. The van der Waals surface area contributed by atoms with Gasteiger partial charge in [-0.05, 0) is 12.0 Å². The van der Waals surface area contributed by atoms with Gasteiger partial charge in [0, 0.05) is 37.2 Å². The lowest BCUT2D eigenvalue weighted by molar-refractivity contribution is -0.146. The Bertz CT molecular complexity index is 801. The number of aryl methyl sites for hydroxylation is 1. The number of carbonyl (C=O) groups is 3. The molecule has 1 aromatic rings. The predicted octanol–water partition coefficient (Wildman–Crippen LogP) is 1.27. The molecule has 1 aliphatic heterocycles. The van der Waals surface area contributed by atoms with Gasteiger partial charge < -0.3 is 20.3 Å². The quantitative estimate of drug-likeness (QED) is 0.571. The number of ether oxygens (including phenoxy) is 1. The highest BCUT2D eigenvalue weighted by molar-refractivity contribution is 5.91. The minimum Gasteiger partial charge on any atom is -0.468 e. The number of allylic oxidation sites excluding steroid dienone is 2. The molecule has 7 heteroatoms. The molecule has 0 saturated heterocycles. The van der Waals surface area contributed by atoms with Crippen molar-refractivity contribution in [2.45, 2.75) is 31.7 Å². The summed E-state index contributed by atoms with van der Waals surface area (Å²) in [7, 11) is 1.29. The number of hydrogen-bond acceptors (Lipinski definition) is 5. The molecule has 3 rings (SSSR count). The van der Waals surface area contributed by atoms with Gasteiger partial charge in [-0.2, -0.15) is 0 Å². The fourth-order valence-corrected chi connectivity index (χ4v) is 3.37. The highest BCUT2D eigenvalue weighted by Gasteiger charge is 2.34.